The summed E-state index contributed by atoms with van der Waals surface area (Å²) in [5.74, 6) is -0.00810. The Morgan fingerprint density at radius 3 is 2.06 bits per heavy atom. The molecule has 0 heterocycles. The van der Waals surface area contributed by atoms with Crippen LogP contribution in [-0.4, -0.2) is 23.5 Å². The fourth-order valence-corrected chi connectivity index (χ4v) is 1.60. The van der Waals surface area contributed by atoms with Gasteiger partial charge in [-0.3, -0.25) is 9.59 Å². The zero-order valence-electron chi connectivity index (χ0n) is 11.4. The summed E-state index contributed by atoms with van der Waals surface area (Å²) in [5.41, 5.74) is -0.423. The second kappa shape index (κ2) is 6.52. The van der Waals surface area contributed by atoms with Crippen LogP contribution in [0.4, 0.5) is 0 Å². The van der Waals surface area contributed by atoms with Crippen molar-refractivity contribution in [2.45, 2.75) is 59.9 Å². The van der Waals surface area contributed by atoms with E-state index < -0.39 is 5.41 Å². The van der Waals surface area contributed by atoms with Gasteiger partial charge in [0.05, 0.1) is 0 Å². The van der Waals surface area contributed by atoms with Crippen molar-refractivity contribution in [3.05, 3.63) is 0 Å². The molecule has 4 nitrogen and oxygen atoms in total. The molecular weight excluding hydrogens is 218 g/mol. The zero-order chi connectivity index (χ0) is 13.6. The van der Waals surface area contributed by atoms with Crippen molar-refractivity contribution in [3.8, 4) is 0 Å². The molecule has 1 amide bonds. The Kier molecular flexibility index (Phi) is 6.07. The lowest BCUT2D eigenvalue weighted by Gasteiger charge is -2.25. The Balaban J connectivity index is 4.09. The molecule has 0 aromatic carbocycles. The second-order valence-electron chi connectivity index (χ2n) is 5.31. The summed E-state index contributed by atoms with van der Waals surface area (Å²) in [5, 5.41) is 2.80. The highest BCUT2D eigenvalue weighted by Gasteiger charge is 2.26. The van der Waals surface area contributed by atoms with Crippen LogP contribution >= 0.6 is 0 Å². The minimum Gasteiger partial charge on any atom is -0.354 e. The van der Waals surface area contributed by atoms with Crippen molar-refractivity contribution in [1.82, 2.24) is 5.32 Å². The molecule has 0 bridgehead atoms. The summed E-state index contributed by atoms with van der Waals surface area (Å²) in [6.45, 7) is 8.64. The molecule has 98 valence electrons. The lowest BCUT2D eigenvalue weighted by atomic mass is 9.82. The highest BCUT2D eigenvalue weighted by Crippen LogP contribution is 2.23. The summed E-state index contributed by atoms with van der Waals surface area (Å²) < 4.78 is 0. The van der Waals surface area contributed by atoms with Gasteiger partial charge in [0.15, 0.2) is 0 Å². The SMILES string of the molecule is CC(=O)CCC(=O)NC(C)CC(C)(C)C(C)=O. The molecule has 0 aromatic heterocycles. The molecule has 0 rings (SSSR count). The predicted molar refractivity (Wildman–Crippen MR) is 66.6 cm³/mol. The molecule has 0 aliphatic carbocycles. The summed E-state index contributed by atoms with van der Waals surface area (Å²) in [6.07, 6.45) is 1.10. The van der Waals surface area contributed by atoms with Gasteiger partial charge in [-0.05, 0) is 27.2 Å². The monoisotopic (exact) mass is 241 g/mol. The van der Waals surface area contributed by atoms with Gasteiger partial charge in [0, 0.05) is 24.3 Å². The Morgan fingerprint density at radius 2 is 1.65 bits per heavy atom. The Morgan fingerprint density at radius 1 is 1.12 bits per heavy atom. The largest absolute Gasteiger partial charge is 0.354 e. The molecule has 0 aliphatic rings. The predicted octanol–water partition coefficient (Wildman–Crippen LogP) is 1.87. The first-order chi connectivity index (χ1) is 7.65. The molecule has 0 aromatic rings. The van der Waals surface area contributed by atoms with Gasteiger partial charge in [0.1, 0.15) is 11.6 Å². The Labute approximate surface area is 103 Å². The van der Waals surface area contributed by atoms with Crippen LogP contribution in [0.15, 0.2) is 0 Å². The third-order valence-electron chi connectivity index (χ3n) is 2.88. The summed E-state index contributed by atoms with van der Waals surface area (Å²) in [6, 6.07) is -0.0617. The normalized spacial score (nSPS) is 13.0. The summed E-state index contributed by atoms with van der Waals surface area (Å²) in [7, 11) is 0. The first-order valence-electron chi connectivity index (χ1n) is 5.95. The Hall–Kier alpha value is -1.19. The number of nitrogens with one attached hydrogen (secondary N) is 1. The molecule has 0 saturated heterocycles. The van der Waals surface area contributed by atoms with Crippen LogP contribution in [0, 0.1) is 5.41 Å². The maximum atomic E-state index is 11.5. The fourth-order valence-electron chi connectivity index (χ4n) is 1.60. The number of hydrogen-bond acceptors (Lipinski definition) is 3. The molecule has 0 fully saturated rings. The van der Waals surface area contributed by atoms with Gasteiger partial charge in [-0.25, -0.2) is 0 Å². The topological polar surface area (TPSA) is 63.2 Å². The van der Waals surface area contributed by atoms with Crippen molar-refractivity contribution >= 4 is 17.5 Å². The number of Topliss-reactive ketones (excluding diaryl/α,β-unsaturated/α-hetero) is 2. The molecule has 4 heteroatoms. The van der Waals surface area contributed by atoms with E-state index in [0.29, 0.717) is 6.42 Å². The lowest BCUT2D eigenvalue weighted by Crippen LogP contribution is -2.38. The highest BCUT2D eigenvalue weighted by atomic mass is 16.2. The Bertz CT molecular complexity index is 308. The number of hydrogen-bond donors (Lipinski definition) is 1. The molecule has 0 spiro atoms. The van der Waals surface area contributed by atoms with Crippen LogP contribution in [0.2, 0.25) is 0 Å². The van der Waals surface area contributed by atoms with Crippen LogP contribution in [0.3, 0.4) is 0 Å². The summed E-state index contributed by atoms with van der Waals surface area (Å²) >= 11 is 0. The minimum atomic E-state index is -0.423. The molecular formula is C13H23NO3. The van der Waals surface area contributed by atoms with Gasteiger partial charge in [-0.15, -0.1) is 0 Å². The van der Waals surface area contributed by atoms with E-state index in [1.807, 2.05) is 20.8 Å². The van der Waals surface area contributed by atoms with Crippen molar-refractivity contribution in [2.75, 3.05) is 0 Å². The average Bonchev–Trinajstić information content (AvgIpc) is 2.13. The van der Waals surface area contributed by atoms with Crippen molar-refractivity contribution in [1.29, 1.82) is 0 Å². The van der Waals surface area contributed by atoms with E-state index in [1.54, 1.807) is 6.92 Å². The number of ketones is 2. The van der Waals surface area contributed by atoms with Crippen LogP contribution < -0.4 is 5.32 Å². The van der Waals surface area contributed by atoms with Gasteiger partial charge in [-0.1, -0.05) is 13.8 Å². The summed E-state index contributed by atoms with van der Waals surface area (Å²) in [4.78, 5) is 33.5. The number of carbonyl (C=O) groups is 3. The molecule has 0 saturated carbocycles. The number of rotatable bonds is 7. The molecule has 1 unspecified atom stereocenters. The van der Waals surface area contributed by atoms with E-state index in [0.717, 1.165) is 0 Å². The van der Waals surface area contributed by atoms with E-state index in [-0.39, 0.29) is 36.4 Å². The fraction of sp³-hybridized carbons (Fsp3) is 0.769. The first-order valence-corrected chi connectivity index (χ1v) is 5.95. The van der Waals surface area contributed by atoms with Gasteiger partial charge in [0.2, 0.25) is 5.91 Å². The van der Waals surface area contributed by atoms with E-state index in [1.165, 1.54) is 6.92 Å². The van der Waals surface area contributed by atoms with Crippen LogP contribution in [0.5, 0.6) is 0 Å². The van der Waals surface area contributed by atoms with Gasteiger partial charge in [0.25, 0.3) is 0 Å². The maximum absolute atomic E-state index is 11.5. The van der Waals surface area contributed by atoms with Crippen LogP contribution in [0.25, 0.3) is 0 Å². The minimum absolute atomic E-state index is 0.0110. The lowest BCUT2D eigenvalue weighted by molar-refractivity contribution is -0.127. The zero-order valence-corrected chi connectivity index (χ0v) is 11.4. The van der Waals surface area contributed by atoms with E-state index >= 15 is 0 Å². The van der Waals surface area contributed by atoms with Crippen LogP contribution in [-0.2, 0) is 14.4 Å². The van der Waals surface area contributed by atoms with Crippen molar-refractivity contribution in [3.63, 3.8) is 0 Å². The molecule has 1 atom stereocenters. The number of amides is 1. The van der Waals surface area contributed by atoms with Crippen LogP contribution in [0.1, 0.15) is 53.9 Å². The second-order valence-corrected chi connectivity index (χ2v) is 5.31. The number of carbonyl (C=O) groups excluding carboxylic acids is 3. The first kappa shape index (κ1) is 15.8. The molecule has 0 radical (unpaired) electrons. The smallest absolute Gasteiger partial charge is 0.220 e. The van der Waals surface area contributed by atoms with Crippen molar-refractivity contribution < 1.29 is 14.4 Å². The molecule has 1 N–H and O–H groups in total. The van der Waals surface area contributed by atoms with E-state index in [4.69, 9.17) is 0 Å². The van der Waals surface area contributed by atoms with Gasteiger partial charge >= 0.3 is 0 Å². The standard InChI is InChI=1S/C13H23NO3/c1-9(8-13(4,5)11(3)16)14-12(17)7-6-10(2)15/h9H,6-8H2,1-5H3,(H,14,17). The highest BCUT2D eigenvalue weighted by molar-refractivity contribution is 5.84. The maximum Gasteiger partial charge on any atom is 0.220 e. The third-order valence-corrected chi connectivity index (χ3v) is 2.88. The molecule has 0 aliphatic heterocycles. The quantitative estimate of drug-likeness (QED) is 0.740. The molecule has 17 heavy (non-hydrogen) atoms. The van der Waals surface area contributed by atoms with E-state index in [9.17, 15) is 14.4 Å². The third kappa shape index (κ3) is 6.87. The van der Waals surface area contributed by atoms with Crippen molar-refractivity contribution in [2.24, 2.45) is 5.41 Å². The average molecular weight is 241 g/mol. The van der Waals surface area contributed by atoms with Gasteiger partial charge in [-0.2, -0.15) is 0 Å². The van der Waals surface area contributed by atoms with E-state index in [2.05, 4.69) is 5.32 Å². The van der Waals surface area contributed by atoms with Gasteiger partial charge < -0.3 is 10.1 Å².